The lowest BCUT2D eigenvalue weighted by atomic mass is 10.1. The van der Waals surface area contributed by atoms with Crippen LogP contribution in [0.3, 0.4) is 0 Å². The topological polar surface area (TPSA) is 143 Å². The molecule has 0 amide bonds. The second kappa shape index (κ2) is 11.0. The molecule has 0 aliphatic rings. The Morgan fingerprint density at radius 1 is 1.03 bits per heavy atom. The summed E-state index contributed by atoms with van der Waals surface area (Å²) in [6.07, 6.45) is 1.72. The van der Waals surface area contributed by atoms with E-state index in [0.29, 0.717) is 37.7 Å². The second-order valence-electron chi connectivity index (χ2n) is 7.72. The summed E-state index contributed by atoms with van der Waals surface area (Å²) in [6, 6.07) is 13.7. The van der Waals surface area contributed by atoms with Crippen LogP contribution in [-0.2, 0) is 13.0 Å². The zero-order chi connectivity index (χ0) is 26.7. The number of non-ortho nitro benzene ring substituents is 1. The Balaban J connectivity index is 1.76. The minimum atomic E-state index is -0.591. The Morgan fingerprint density at radius 3 is 2.41 bits per heavy atom. The first-order valence-electron chi connectivity index (χ1n) is 10.8. The molecule has 1 heterocycles. The monoisotopic (exact) mass is 629 g/mol. The maximum atomic E-state index is 13.2. The van der Waals surface area contributed by atoms with Gasteiger partial charge in [0.25, 0.3) is 11.2 Å². The van der Waals surface area contributed by atoms with Crippen molar-refractivity contribution in [3.05, 3.63) is 111 Å². The first-order chi connectivity index (χ1) is 17.7. The molecular formula is C24H17Br2N5O6. The Hall–Kier alpha value is -3.97. The van der Waals surface area contributed by atoms with Crippen molar-refractivity contribution >= 4 is 60.4 Å². The molecule has 3 aromatic carbocycles. The number of rotatable bonds is 8. The summed E-state index contributed by atoms with van der Waals surface area (Å²) in [5.74, 6) is 0.340. The molecule has 0 saturated carbocycles. The van der Waals surface area contributed by atoms with Gasteiger partial charge in [0.2, 0.25) is 5.75 Å². The molecular weight excluding hydrogens is 614 g/mol. The Bertz CT molecular complexity index is 1620. The average molecular weight is 631 g/mol. The number of hydrogen-bond acceptors (Lipinski definition) is 8. The van der Waals surface area contributed by atoms with Crippen molar-refractivity contribution < 1.29 is 14.6 Å². The van der Waals surface area contributed by atoms with E-state index in [1.807, 2.05) is 6.92 Å². The van der Waals surface area contributed by atoms with Gasteiger partial charge in [0, 0.05) is 39.1 Å². The minimum absolute atomic E-state index is 0.0714. The fraction of sp³-hybridized carbons (Fsp3) is 0.125. The zero-order valence-corrected chi connectivity index (χ0v) is 22.3. The molecule has 0 unspecified atom stereocenters. The average Bonchev–Trinajstić information content (AvgIpc) is 2.87. The number of fused-ring (bicyclic) bond motifs is 1. The van der Waals surface area contributed by atoms with Gasteiger partial charge in [0.05, 0.1) is 27.0 Å². The van der Waals surface area contributed by atoms with Gasteiger partial charge in [-0.3, -0.25) is 25.0 Å². The van der Waals surface area contributed by atoms with E-state index in [0.717, 1.165) is 4.68 Å². The molecule has 13 heteroatoms. The Kier molecular flexibility index (Phi) is 7.74. The van der Waals surface area contributed by atoms with Crippen LogP contribution in [0.25, 0.3) is 10.9 Å². The summed E-state index contributed by atoms with van der Waals surface area (Å²) in [7, 11) is 0. The van der Waals surface area contributed by atoms with E-state index in [1.54, 1.807) is 24.3 Å². The van der Waals surface area contributed by atoms with Crippen LogP contribution < -0.4 is 10.3 Å². The quantitative estimate of drug-likeness (QED) is 0.137. The fourth-order valence-electron chi connectivity index (χ4n) is 3.52. The van der Waals surface area contributed by atoms with Crippen LogP contribution in [-0.4, -0.2) is 25.7 Å². The summed E-state index contributed by atoms with van der Waals surface area (Å²) in [5.41, 5.74) is 0.547. The van der Waals surface area contributed by atoms with Gasteiger partial charge in [0.1, 0.15) is 12.4 Å². The van der Waals surface area contributed by atoms with Crippen LogP contribution >= 0.6 is 31.9 Å². The van der Waals surface area contributed by atoms with Crippen LogP contribution in [0, 0.1) is 20.2 Å². The maximum absolute atomic E-state index is 13.2. The molecule has 0 N–H and O–H groups in total. The van der Waals surface area contributed by atoms with E-state index in [9.17, 15) is 25.0 Å². The minimum Gasteiger partial charge on any atom is -0.481 e. The van der Waals surface area contributed by atoms with Crippen molar-refractivity contribution in [2.24, 2.45) is 5.10 Å². The van der Waals surface area contributed by atoms with Crippen molar-refractivity contribution in [1.29, 1.82) is 0 Å². The summed E-state index contributed by atoms with van der Waals surface area (Å²) in [6.45, 7) is 1.74. The van der Waals surface area contributed by atoms with Crippen LogP contribution in [0.2, 0.25) is 0 Å². The van der Waals surface area contributed by atoms with Gasteiger partial charge >= 0.3 is 5.69 Å². The third-order valence-electron chi connectivity index (χ3n) is 5.29. The van der Waals surface area contributed by atoms with Gasteiger partial charge in [-0.1, -0.05) is 38.8 Å². The lowest BCUT2D eigenvalue weighted by Crippen LogP contribution is -2.22. The van der Waals surface area contributed by atoms with Crippen molar-refractivity contribution in [3.8, 4) is 5.75 Å². The number of benzene rings is 3. The summed E-state index contributed by atoms with van der Waals surface area (Å²) >= 11 is 6.63. The number of aryl methyl sites for hydroxylation is 1. The smallest absolute Gasteiger partial charge is 0.312 e. The van der Waals surface area contributed by atoms with Gasteiger partial charge in [-0.15, -0.1) is 0 Å². The first kappa shape index (κ1) is 26.1. The molecule has 37 heavy (non-hydrogen) atoms. The molecule has 188 valence electrons. The number of nitro benzene ring substituents is 2. The lowest BCUT2D eigenvalue weighted by Gasteiger charge is -2.11. The summed E-state index contributed by atoms with van der Waals surface area (Å²) in [5, 5.41) is 27.3. The lowest BCUT2D eigenvalue weighted by molar-refractivity contribution is -0.386. The molecule has 4 rings (SSSR count). The number of halogens is 2. The molecule has 0 fully saturated rings. The van der Waals surface area contributed by atoms with Crippen LogP contribution in [0.4, 0.5) is 11.4 Å². The molecule has 0 spiro atoms. The summed E-state index contributed by atoms with van der Waals surface area (Å²) in [4.78, 5) is 39.3. The molecule has 0 aliphatic carbocycles. The molecule has 0 saturated heterocycles. The summed E-state index contributed by atoms with van der Waals surface area (Å²) < 4.78 is 8.07. The third kappa shape index (κ3) is 5.73. The van der Waals surface area contributed by atoms with Gasteiger partial charge < -0.3 is 4.74 Å². The van der Waals surface area contributed by atoms with Crippen LogP contribution in [0.1, 0.15) is 23.9 Å². The van der Waals surface area contributed by atoms with Gasteiger partial charge in [0.15, 0.2) is 0 Å². The normalized spacial score (nSPS) is 11.2. The first-order valence-corrected chi connectivity index (χ1v) is 12.4. The predicted molar refractivity (Wildman–Crippen MR) is 144 cm³/mol. The van der Waals surface area contributed by atoms with Crippen LogP contribution in [0.5, 0.6) is 5.75 Å². The molecule has 0 radical (unpaired) electrons. The van der Waals surface area contributed by atoms with Crippen molar-refractivity contribution in [3.63, 3.8) is 0 Å². The highest BCUT2D eigenvalue weighted by Gasteiger charge is 2.21. The van der Waals surface area contributed by atoms with E-state index in [-0.39, 0.29) is 29.3 Å². The fourth-order valence-corrected chi connectivity index (χ4v) is 4.35. The predicted octanol–water partition coefficient (Wildman–Crippen LogP) is 5.76. The van der Waals surface area contributed by atoms with Gasteiger partial charge in [-0.25, -0.2) is 4.98 Å². The largest absolute Gasteiger partial charge is 0.481 e. The maximum Gasteiger partial charge on any atom is 0.312 e. The number of nitro groups is 2. The molecule has 0 aliphatic heterocycles. The molecule has 1 aromatic heterocycles. The third-order valence-corrected chi connectivity index (χ3v) is 6.24. The molecule has 4 aromatic rings. The molecule has 0 atom stereocenters. The molecule has 11 nitrogen and oxygen atoms in total. The zero-order valence-electron chi connectivity index (χ0n) is 19.1. The number of ether oxygens (including phenoxy) is 1. The van der Waals surface area contributed by atoms with E-state index < -0.39 is 15.4 Å². The van der Waals surface area contributed by atoms with Crippen LogP contribution in [0.15, 0.2) is 73.4 Å². The van der Waals surface area contributed by atoms with E-state index in [2.05, 4.69) is 41.9 Å². The standard InChI is InChI=1S/C24H17Br2N5O6/c1-2-22-28-20-8-5-16(25)10-19(20)24(32)29(22)27-12-15-9-17(26)11-21(31(35)36)23(15)37-13-14-3-6-18(7-4-14)30(33)34/h3-12H,2,13H2,1H3. The Morgan fingerprint density at radius 2 is 1.76 bits per heavy atom. The highest BCUT2D eigenvalue weighted by molar-refractivity contribution is 9.10. The second-order valence-corrected chi connectivity index (χ2v) is 9.55. The SMILES string of the molecule is CCc1nc2ccc(Br)cc2c(=O)n1N=Cc1cc(Br)cc([N+](=O)[O-])c1OCc1ccc([N+](=O)[O-])cc1. The Labute approximate surface area is 226 Å². The molecule has 0 bridgehead atoms. The van der Waals surface area contributed by atoms with Crippen molar-refractivity contribution in [1.82, 2.24) is 9.66 Å². The van der Waals surface area contributed by atoms with Crippen molar-refractivity contribution in [2.75, 3.05) is 0 Å². The van der Waals surface area contributed by atoms with Gasteiger partial charge in [-0.2, -0.15) is 9.78 Å². The highest BCUT2D eigenvalue weighted by atomic mass is 79.9. The highest BCUT2D eigenvalue weighted by Crippen LogP contribution is 2.34. The number of aromatic nitrogens is 2. The van der Waals surface area contributed by atoms with E-state index in [4.69, 9.17) is 4.74 Å². The van der Waals surface area contributed by atoms with E-state index >= 15 is 0 Å². The number of nitrogens with zero attached hydrogens (tertiary/aromatic N) is 5. The van der Waals surface area contributed by atoms with Crippen molar-refractivity contribution in [2.45, 2.75) is 20.0 Å². The van der Waals surface area contributed by atoms with E-state index in [1.165, 1.54) is 36.5 Å². The van der Waals surface area contributed by atoms with Gasteiger partial charge in [-0.05, 0) is 42.0 Å². The number of hydrogen-bond donors (Lipinski definition) is 0.